The number of ether oxygens (including phenoxy) is 2. The van der Waals surface area contributed by atoms with Crippen LogP contribution in [0.1, 0.15) is 57.7 Å². The van der Waals surface area contributed by atoms with E-state index >= 15 is 0 Å². The van der Waals surface area contributed by atoms with Crippen LogP contribution in [0.15, 0.2) is 169 Å². The summed E-state index contributed by atoms with van der Waals surface area (Å²) in [7, 11) is 0. The largest absolute Gasteiger partial charge is 0.489 e. The van der Waals surface area contributed by atoms with Crippen molar-refractivity contribution >= 4 is 6.21 Å². The van der Waals surface area contributed by atoms with E-state index in [9.17, 15) is 0 Å². The number of piperidine rings is 1. The van der Waals surface area contributed by atoms with E-state index in [0.29, 0.717) is 19.3 Å². The van der Waals surface area contributed by atoms with E-state index in [0.717, 1.165) is 60.7 Å². The zero-order chi connectivity index (χ0) is 33.8. The summed E-state index contributed by atoms with van der Waals surface area (Å²) >= 11 is 0. The standard InChI is InChI=1S/C46H44N2O2/c1-4-12-36(13-5-1)33-48-30-28-42(29-31-48)47-32-41-18-10-11-19-45(41)46(39-20-24-43(25-21-39)49-34-37-14-6-2-7-15-37)40-22-26-44(27-23-40)50-35-38-16-8-3-9-17-38/h1-27,32,42,46H,28-31,33-35H2/b47-32-. The molecule has 0 atom stereocenters. The van der Waals surface area contributed by atoms with Crippen molar-refractivity contribution in [3.63, 3.8) is 0 Å². The number of hydrogen-bond donors (Lipinski definition) is 0. The van der Waals surface area contributed by atoms with Crippen LogP contribution in [0.2, 0.25) is 0 Å². The first-order valence-corrected chi connectivity index (χ1v) is 17.7. The summed E-state index contributed by atoms with van der Waals surface area (Å²) in [4.78, 5) is 7.72. The molecular formula is C46H44N2O2. The first kappa shape index (κ1) is 33.1. The first-order chi connectivity index (χ1) is 24.8. The summed E-state index contributed by atoms with van der Waals surface area (Å²) in [6, 6.07) is 57.5. The number of rotatable bonds is 13. The van der Waals surface area contributed by atoms with Crippen LogP contribution in [0.25, 0.3) is 0 Å². The van der Waals surface area contributed by atoms with E-state index in [1.54, 1.807) is 0 Å². The number of nitrogens with zero attached hydrogens (tertiary/aromatic N) is 2. The number of likely N-dealkylation sites (tertiary alicyclic amines) is 1. The Labute approximate surface area is 296 Å². The van der Waals surface area contributed by atoms with E-state index in [4.69, 9.17) is 14.5 Å². The lowest BCUT2D eigenvalue weighted by Crippen LogP contribution is -2.34. The molecule has 1 fully saturated rings. The van der Waals surface area contributed by atoms with Gasteiger partial charge in [0.2, 0.25) is 0 Å². The average molecular weight is 657 g/mol. The van der Waals surface area contributed by atoms with E-state index in [1.807, 2.05) is 36.4 Å². The number of hydrogen-bond acceptors (Lipinski definition) is 4. The molecule has 0 amide bonds. The van der Waals surface area contributed by atoms with Gasteiger partial charge in [-0.3, -0.25) is 9.89 Å². The monoisotopic (exact) mass is 656 g/mol. The van der Waals surface area contributed by atoms with Crippen molar-refractivity contribution < 1.29 is 9.47 Å². The fraction of sp³-hybridized carbons (Fsp3) is 0.196. The summed E-state index contributed by atoms with van der Waals surface area (Å²) in [6.45, 7) is 4.22. The van der Waals surface area contributed by atoms with Gasteiger partial charge in [-0.1, -0.05) is 140 Å². The molecule has 0 spiro atoms. The third kappa shape index (κ3) is 8.96. The van der Waals surface area contributed by atoms with Crippen molar-refractivity contribution in [2.24, 2.45) is 4.99 Å². The second-order valence-corrected chi connectivity index (χ2v) is 13.0. The first-order valence-electron chi connectivity index (χ1n) is 17.7. The quantitative estimate of drug-likeness (QED) is 0.0917. The molecule has 0 unspecified atom stereocenters. The molecule has 1 aliphatic heterocycles. The zero-order valence-electron chi connectivity index (χ0n) is 28.5. The van der Waals surface area contributed by atoms with Crippen LogP contribution < -0.4 is 9.47 Å². The third-order valence-corrected chi connectivity index (χ3v) is 9.46. The highest BCUT2D eigenvalue weighted by atomic mass is 16.5. The molecule has 1 heterocycles. The number of aliphatic imine (C=N–C) groups is 1. The molecule has 1 aliphatic rings. The molecule has 7 rings (SSSR count). The molecule has 250 valence electrons. The summed E-state index contributed by atoms with van der Waals surface area (Å²) in [5.74, 6) is 1.72. The summed E-state index contributed by atoms with van der Waals surface area (Å²) < 4.78 is 12.3. The van der Waals surface area contributed by atoms with Gasteiger partial charge in [-0.25, -0.2) is 0 Å². The second-order valence-electron chi connectivity index (χ2n) is 13.0. The minimum atomic E-state index is 0.0108. The lowest BCUT2D eigenvalue weighted by Gasteiger charge is -2.30. The normalized spacial score (nSPS) is 13.9. The topological polar surface area (TPSA) is 34.1 Å². The Morgan fingerprint density at radius 3 is 1.52 bits per heavy atom. The molecule has 0 radical (unpaired) electrons. The van der Waals surface area contributed by atoms with Crippen molar-refractivity contribution in [1.82, 2.24) is 4.90 Å². The van der Waals surface area contributed by atoms with Crippen LogP contribution in [0.5, 0.6) is 11.5 Å². The second kappa shape index (κ2) is 16.8. The Morgan fingerprint density at radius 1 is 0.540 bits per heavy atom. The number of benzene rings is 6. The Balaban J connectivity index is 1.10. The maximum absolute atomic E-state index is 6.15. The Hall–Kier alpha value is -5.45. The molecule has 4 heteroatoms. The van der Waals surface area contributed by atoms with Gasteiger partial charge in [0.25, 0.3) is 0 Å². The van der Waals surface area contributed by atoms with E-state index in [1.165, 1.54) is 22.3 Å². The summed E-state index contributed by atoms with van der Waals surface area (Å²) in [5.41, 5.74) is 8.46. The van der Waals surface area contributed by atoms with Gasteiger partial charge < -0.3 is 9.47 Å². The molecule has 0 bridgehead atoms. The highest BCUT2D eigenvalue weighted by Crippen LogP contribution is 2.35. The van der Waals surface area contributed by atoms with Gasteiger partial charge in [0, 0.05) is 31.8 Å². The molecule has 0 aromatic heterocycles. The lowest BCUT2D eigenvalue weighted by atomic mass is 9.83. The van der Waals surface area contributed by atoms with Gasteiger partial charge in [-0.2, -0.15) is 0 Å². The fourth-order valence-corrected chi connectivity index (χ4v) is 6.69. The SMILES string of the molecule is C(=N/C1CCN(Cc2ccccc2)CC1)/c1ccccc1C(c1ccc(OCc2ccccc2)cc1)c1ccc(OCc2ccccc2)cc1. The Bertz CT molecular complexity index is 1830. The molecular weight excluding hydrogens is 613 g/mol. The van der Waals surface area contributed by atoms with Gasteiger partial charge in [-0.15, -0.1) is 0 Å². The minimum Gasteiger partial charge on any atom is -0.489 e. The average Bonchev–Trinajstić information content (AvgIpc) is 3.19. The maximum atomic E-state index is 6.15. The molecule has 1 saturated heterocycles. The van der Waals surface area contributed by atoms with Crippen LogP contribution >= 0.6 is 0 Å². The van der Waals surface area contributed by atoms with E-state index < -0.39 is 0 Å². The predicted octanol–water partition coefficient (Wildman–Crippen LogP) is 10.1. The maximum Gasteiger partial charge on any atom is 0.119 e. The van der Waals surface area contributed by atoms with Crippen molar-refractivity contribution in [2.75, 3.05) is 13.1 Å². The third-order valence-electron chi connectivity index (χ3n) is 9.46. The van der Waals surface area contributed by atoms with Gasteiger partial charge in [0.1, 0.15) is 24.7 Å². The van der Waals surface area contributed by atoms with Gasteiger partial charge >= 0.3 is 0 Å². The van der Waals surface area contributed by atoms with Crippen molar-refractivity contribution in [3.05, 3.63) is 203 Å². The van der Waals surface area contributed by atoms with Gasteiger partial charge in [-0.05, 0) is 76.1 Å². The molecule has 50 heavy (non-hydrogen) atoms. The van der Waals surface area contributed by atoms with Crippen molar-refractivity contribution in [1.29, 1.82) is 0 Å². The van der Waals surface area contributed by atoms with Crippen LogP contribution in [-0.2, 0) is 19.8 Å². The van der Waals surface area contributed by atoms with Crippen LogP contribution in [0, 0.1) is 0 Å². The molecule has 6 aromatic carbocycles. The van der Waals surface area contributed by atoms with E-state index in [-0.39, 0.29) is 5.92 Å². The smallest absolute Gasteiger partial charge is 0.119 e. The summed E-state index contributed by atoms with van der Waals surface area (Å²) in [5, 5.41) is 0. The molecule has 4 nitrogen and oxygen atoms in total. The molecule has 6 aromatic rings. The van der Waals surface area contributed by atoms with Crippen LogP contribution in [0.3, 0.4) is 0 Å². The minimum absolute atomic E-state index is 0.0108. The lowest BCUT2D eigenvalue weighted by molar-refractivity contribution is 0.206. The van der Waals surface area contributed by atoms with Crippen molar-refractivity contribution in [3.8, 4) is 11.5 Å². The summed E-state index contributed by atoms with van der Waals surface area (Å²) in [6.07, 6.45) is 4.27. The molecule has 0 saturated carbocycles. The van der Waals surface area contributed by atoms with E-state index in [2.05, 4.69) is 139 Å². The van der Waals surface area contributed by atoms with Gasteiger partial charge in [0.05, 0.1) is 6.04 Å². The highest BCUT2D eigenvalue weighted by molar-refractivity contribution is 5.83. The van der Waals surface area contributed by atoms with Crippen molar-refractivity contribution in [2.45, 2.75) is 44.6 Å². The Kier molecular flexibility index (Phi) is 11.1. The predicted molar refractivity (Wildman–Crippen MR) is 204 cm³/mol. The fourth-order valence-electron chi connectivity index (χ4n) is 6.69. The van der Waals surface area contributed by atoms with Crippen LogP contribution in [-0.4, -0.2) is 30.2 Å². The van der Waals surface area contributed by atoms with Crippen LogP contribution in [0.4, 0.5) is 0 Å². The van der Waals surface area contributed by atoms with Gasteiger partial charge in [0.15, 0.2) is 0 Å². The highest BCUT2D eigenvalue weighted by Gasteiger charge is 2.21. The molecule has 0 aliphatic carbocycles. The Morgan fingerprint density at radius 2 is 1.00 bits per heavy atom. The zero-order valence-corrected chi connectivity index (χ0v) is 28.5. The molecule has 0 N–H and O–H groups in total.